The molecule has 0 aliphatic heterocycles. The molecule has 0 spiro atoms. The van der Waals surface area contributed by atoms with Crippen molar-refractivity contribution in [3.05, 3.63) is 24.0 Å². The van der Waals surface area contributed by atoms with Crippen molar-refractivity contribution in [2.45, 2.75) is 5.38 Å². The van der Waals surface area contributed by atoms with Gasteiger partial charge in [0.2, 0.25) is 0 Å². The fourth-order valence-corrected chi connectivity index (χ4v) is 1.32. The van der Waals surface area contributed by atoms with Crippen molar-refractivity contribution in [1.82, 2.24) is 10.3 Å². The van der Waals surface area contributed by atoms with Gasteiger partial charge in [0.05, 0.1) is 23.7 Å². The Hall–Kier alpha value is -1.33. The Kier molecular flexibility index (Phi) is 5.01. The summed E-state index contributed by atoms with van der Waals surface area (Å²) in [4.78, 5) is 15.3. The van der Waals surface area contributed by atoms with Crippen LogP contribution in [0.25, 0.3) is 0 Å². The fraction of sp³-hybridized carbons (Fsp3) is 0.400. The fourth-order valence-electron chi connectivity index (χ4n) is 1.12. The number of carbonyl (C=O) groups excluding carboxylic acids is 1. The summed E-state index contributed by atoms with van der Waals surface area (Å²) in [5.74, 6) is -0.542. The highest BCUT2D eigenvalue weighted by Crippen LogP contribution is 2.13. The molecular formula is C10H13ClN2O3. The highest BCUT2D eigenvalue weighted by atomic mass is 35.5. The van der Waals surface area contributed by atoms with Crippen LogP contribution >= 0.6 is 11.6 Å². The standard InChI is InChI=1S/C10H13ClN2O3/c1-16-6-7(11)4-13-10(15)8-2-3-12-5-9(8)14/h2-3,5,7,14H,4,6H2,1H3,(H,13,15). The van der Waals surface area contributed by atoms with Gasteiger partial charge in [-0.1, -0.05) is 0 Å². The molecule has 0 radical (unpaired) electrons. The van der Waals surface area contributed by atoms with E-state index in [9.17, 15) is 9.90 Å². The van der Waals surface area contributed by atoms with Gasteiger partial charge in [-0.3, -0.25) is 9.78 Å². The van der Waals surface area contributed by atoms with Gasteiger partial charge in [0.25, 0.3) is 5.91 Å². The quantitative estimate of drug-likeness (QED) is 0.751. The molecule has 1 rings (SSSR count). The molecular weight excluding hydrogens is 232 g/mol. The van der Waals surface area contributed by atoms with E-state index < -0.39 is 0 Å². The van der Waals surface area contributed by atoms with Gasteiger partial charge < -0.3 is 15.2 Å². The molecule has 16 heavy (non-hydrogen) atoms. The predicted octanol–water partition coefficient (Wildman–Crippen LogP) is 0.771. The van der Waals surface area contributed by atoms with Crippen LogP contribution in [0.3, 0.4) is 0 Å². The molecule has 0 aliphatic carbocycles. The third kappa shape index (κ3) is 3.67. The van der Waals surface area contributed by atoms with Crippen LogP contribution in [0.4, 0.5) is 0 Å². The van der Waals surface area contributed by atoms with Gasteiger partial charge in [-0.05, 0) is 6.07 Å². The number of halogens is 1. The van der Waals surface area contributed by atoms with E-state index in [4.69, 9.17) is 16.3 Å². The van der Waals surface area contributed by atoms with Gasteiger partial charge in [0, 0.05) is 19.9 Å². The van der Waals surface area contributed by atoms with Crippen LogP contribution in [0.15, 0.2) is 18.5 Å². The molecule has 1 aromatic heterocycles. The SMILES string of the molecule is COCC(Cl)CNC(=O)c1ccncc1O. The topological polar surface area (TPSA) is 71.5 Å². The number of nitrogens with one attached hydrogen (secondary N) is 1. The molecule has 1 heterocycles. The minimum Gasteiger partial charge on any atom is -0.505 e. The minimum atomic E-state index is -0.387. The molecule has 2 N–H and O–H groups in total. The molecule has 0 saturated heterocycles. The number of ether oxygens (including phenoxy) is 1. The Labute approximate surface area is 98.4 Å². The summed E-state index contributed by atoms with van der Waals surface area (Å²) in [7, 11) is 1.53. The molecule has 0 aliphatic rings. The number of hydrogen-bond acceptors (Lipinski definition) is 4. The zero-order valence-electron chi connectivity index (χ0n) is 8.81. The number of pyridine rings is 1. The summed E-state index contributed by atoms with van der Waals surface area (Å²) in [5, 5.41) is 11.7. The predicted molar refractivity (Wildman–Crippen MR) is 59.8 cm³/mol. The van der Waals surface area contributed by atoms with Gasteiger partial charge >= 0.3 is 0 Å². The summed E-state index contributed by atoms with van der Waals surface area (Å²) in [6, 6.07) is 1.43. The van der Waals surface area contributed by atoms with E-state index in [0.717, 1.165) is 0 Å². The highest BCUT2D eigenvalue weighted by Gasteiger charge is 2.12. The third-order valence-electron chi connectivity index (χ3n) is 1.88. The van der Waals surface area contributed by atoms with Crippen LogP contribution in [-0.2, 0) is 4.74 Å². The van der Waals surface area contributed by atoms with Gasteiger partial charge in [-0.25, -0.2) is 0 Å². The molecule has 1 unspecified atom stereocenters. The van der Waals surface area contributed by atoms with Crippen molar-refractivity contribution >= 4 is 17.5 Å². The first kappa shape index (κ1) is 12.7. The van der Waals surface area contributed by atoms with Crippen molar-refractivity contribution in [2.24, 2.45) is 0 Å². The number of aromatic nitrogens is 1. The normalized spacial score (nSPS) is 12.1. The second-order valence-corrected chi connectivity index (χ2v) is 3.77. The lowest BCUT2D eigenvalue weighted by Crippen LogP contribution is -2.31. The lowest BCUT2D eigenvalue weighted by molar-refractivity contribution is 0.0946. The summed E-state index contributed by atoms with van der Waals surface area (Å²) in [5.41, 5.74) is 0.177. The molecule has 0 fully saturated rings. The Morgan fingerprint density at radius 1 is 1.75 bits per heavy atom. The number of rotatable bonds is 5. The summed E-state index contributed by atoms with van der Waals surface area (Å²) in [6.07, 6.45) is 2.64. The van der Waals surface area contributed by atoms with E-state index in [1.54, 1.807) is 0 Å². The van der Waals surface area contributed by atoms with E-state index >= 15 is 0 Å². The van der Waals surface area contributed by atoms with Gasteiger partial charge in [0.1, 0.15) is 5.75 Å². The molecule has 1 atom stereocenters. The first-order valence-corrected chi connectivity index (χ1v) is 5.13. The van der Waals surface area contributed by atoms with Crippen LogP contribution in [0, 0.1) is 0 Å². The maximum absolute atomic E-state index is 11.6. The Balaban J connectivity index is 2.50. The first-order chi connectivity index (χ1) is 7.65. The number of nitrogens with zero attached hydrogens (tertiary/aromatic N) is 1. The van der Waals surface area contributed by atoms with E-state index in [1.165, 1.54) is 25.6 Å². The number of aromatic hydroxyl groups is 1. The lowest BCUT2D eigenvalue weighted by atomic mass is 10.2. The summed E-state index contributed by atoms with van der Waals surface area (Å²) >= 11 is 5.84. The average molecular weight is 245 g/mol. The number of amides is 1. The molecule has 1 amide bonds. The Morgan fingerprint density at radius 3 is 3.12 bits per heavy atom. The number of hydrogen-bond donors (Lipinski definition) is 2. The molecule has 5 nitrogen and oxygen atoms in total. The Bertz CT molecular complexity index is 360. The molecule has 0 bridgehead atoms. The van der Waals surface area contributed by atoms with Crippen molar-refractivity contribution in [1.29, 1.82) is 0 Å². The van der Waals surface area contributed by atoms with Crippen molar-refractivity contribution in [3.8, 4) is 5.75 Å². The molecule has 0 aromatic carbocycles. The zero-order valence-corrected chi connectivity index (χ0v) is 9.57. The minimum absolute atomic E-state index is 0.155. The van der Waals surface area contributed by atoms with Gasteiger partial charge in [0.15, 0.2) is 0 Å². The summed E-state index contributed by atoms with van der Waals surface area (Å²) < 4.78 is 4.82. The van der Waals surface area contributed by atoms with E-state index in [-0.39, 0.29) is 29.1 Å². The van der Waals surface area contributed by atoms with Crippen LogP contribution < -0.4 is 5.32 Å². The molecule has 6 heteroatoms. The van der Waals surface area contributed by atoms with Crippen molar-refractivity contribution in [2.75, 3.05) is 20.3 Å². The maximum Gasteiger partial charge on any atom is 0.255 e. The number of alkyl halides is 1. The van der Waals surface area contributed by atoms with Gasteiger partial charge in [-0.2, -0.15) is 0 Å². The Morgan fingerprint density at radius 2 is 2.50 bits per heavy atom. The molecule has 88 valence electrons. The van der Waals surface area contributed by atoms with Crippen LogP contribution in [0.2, 0.25) is 0 Å². The lowest BCUT2D eigenvalue weighted by Gasteiger charge is -2.10. The smallest absolute Gasteiger partial charge is 0.255 e. The number of carbonyl (C=O) groups is 1. The second kappa shape index (κ2) is 6.30. The monoisotopic (exact) mass is 244 g/mol. The van der Waals surface area contributed by atoms with Crippen molar-refractivity contribution in [3.63, 3.8) is 0 Å². The summed E-state index contributed by atoms with van der Waals surface area (Å²) in [6.45, 7) is 0.625. The van der Waals surface area contributed by atoms with E-state index in [0.29, 0.717) is 6.61 Å². The van der Waals surface area contributed by atoms with Crippen LogP contribution in [0.1, 0.15) is 10.4 Å². The molecule has 0 saturated carbocycles. The first-order valence-electron chi connectivity index (χ1n) is 4.69. The average Bonchev–Trinajstić information content (AvgIpc) is 2.27. The van der Waals surface area contributed by atoms with Gasteiger partial charge in [-0.15, -0.1) is 11.6 Å². The largest absolute Gasteiger partial charge is 0.505 e. The van der Waals surface area contributed by atoms with Crippen LogP contribution in [0.5, 0.6) is 5.75 Å². The zero-order chi connectivity index (χ0) is 12.0. The second-order valence-electron chi connectivity index (χ2n) is 3.16. The van der Waals surface area contributed by atoms with E-state index in [2.05, 4.69) is 10.3 Å². The van der Waals surface area contributed by atoms with Crippen LogP contribution in [-0.4, -0.2) is 41.6 Å². The van der Waals surface area contributed by atoms with Crippen molar-refractivity contribution < 1.29 is 14.6 Å². The highest BCUT2D eigenvalue weighted by molar-refractivity contribution is 6.21. The molecule has 1 aromatic rings. The third-order valence-corrected chi connectivity index (χ3v) is 2.16. The van der Waals surface area contributed by atoms with E-state index in [1.807, 2.05) is 0 Å². The maximum atomic E-state index is 11.6. The number of methoxy groups -OCH3 is 1.